The number of ether oxygens (including phenoxy) is 5. The number of rotatable bonds is 6. The molecule has 0 saturated carbocycles. The molecular weight excluding hydrogens is 316 g/mol. The van der Waals surface area contributed by atoms with Crippen molar-refractivity contribution in [2.75, 3.05) is 64.8 Å². The predicted molar refractivity (Wildman–Crippen MR) is 76.0 cm³/mol. The van der Waals surface area contributed by atoms with Gasteiger partial charge in [0.2, 0.25) is 0 Å². The molecule has 6 heteroatoms. The Labute approximate surface area is 124 Å². The highest BCUT2D eigenvalue weighted by molar-refractivity contribution is 9.09. The smallest absolute Gasteiger partial charge is 0.104 e. The van der Waals surface area contributed by atoms with Gasteiger partial charge in [0.15, 0.2) is 0 Å². The van der Waals surface area contributed by atoms with Crippen LogP contribution in [0, 0.1) is 0 Å². The second kappa shape index (κ2) is 13.3. The number of hydrogen-bond acceptors (Lipinski definition) is 5. The van der Waals surface area contributed by atoms with Crippen LogP contribution in [-0.4, -0.2) is 70.9 Å². The molecular formula is C13H25BrO5. The van der Waals surface area contributed by atoms with E-state index in [0.29, 0.717) is 52.9 Å². The van der Waals surface area contributed by atoms with E-state index in [2.05, 4.69) is 15.9 Å². The van der Waals surface area contributed by atoms with Crippen molar-refractivity contribution in [1.82, 2.24) is 0 Å². The fourth-order valence-corrected chi connectivity index (χ4v) is 1.98. The van der Waals surface area contributed by atoms with Gasteiger partial charge in [0.05, 0.1) is 52.9 Å². The minimum Gasteiger partial charge on any atom is -0.379 e. The topological polar surface area (TPSA) is 46.2 Å². The van der Waals surface area contributed by atoms with Gasteiger partial charge in [0.1, 0.15) is 6.10 Å². The normalized spacial score (nSPS) is 23.5. The number of alkyl halides is 1. The first kappa shape index (κ1) is 17.3. The molecule has 0 bridgehead atoms. The van der Waals surface area contributed by atoms with Gasteiger partial charge in [-0.1, -0.05) is 15.9 Å². The van der Waals surface area contributed by atoms with Gasteiger partial charge in [-0.3, -0.25) is 0 Å². The van der Waals surface area contributed by atoms with Crippen molar-refractivity contribution in [2.24, 2.45) is 0 Å². The first-order valence-corrected chi connectivity index (χ1v) is 8.04. The highest BCUT2D eigenvalue weighted by Crippen LogP contribution is 2.00. The van der Waals surface area contributed by atoms with Crippen LogP contribution in [0.1, 0.15) is 12.8 Å². The molecule has 0 aliphatic carbocycles. The lowest BCUT2D eigenvalue weighted by atomic mass is 10.3. The largest absolute Gasteiger partial charge is 0.379 e. The van der Waals surface area contributed by atoms with Gasteiger partial charge in [-0.2, -0.15) is 0 Å². The lowest BCUT2D eigenvalue weighted by Crippen LogP contribution is -2.29. The van der Waals surface area contributed by atoms with Gasteiger partial charge in [0.25, 0.3) is 0 Å². The van der Waals surface area contributed by atoms with E-state index < -0.39 is 0 Å². The van der Waals surface area contributed by atoms with Crippen LogP contribution in [-0.2, 0) is 23.7 Å². The van der Waals surface area contributed by atoms with Gasteiger partial charge in [0, 0.05) is 11.9 Å². The van der Waals surface area contributed by atoms with E-state index in [9.17, 15) is 0 Å². The van der Waals surface area contributed by atoms with Crippen LogP contribution in [0.25, 0.3) is 0 Å². The van der Waals surface area contributed by atoms with Crippen molar-refractivity contribution < 1.29 is 23.7 Å². The zero-order chi connectivity index (χ0) is 13.6. The molecule has 0 aromatic carbocycles. The Hall–Kier alpha value is 0.280. The highest BCUT2D eigenvalue weighted by atomic mass is 79.9. The average molecular weight is 341 g/mol. The summed E-state index contributed by atoms with van der Waals surface area (Å²) in [7, 11) is 0. The van der Waals surface area contributed by atoms with Crippen LogP contribution >= 0.6 is 15.9 Å². The van der Waals surface area contributed by atoms with Gasteiger partial charge in [-0.25, -0.2) is 0 Å². The van der Waals surface area contributed by atoms with Crippen molar-refractivity contribution in [3.8, 4) is 0 Å². The van der Waals surface area contributed by atoms with Gasteiger partial charge in [-0.15, -0.1) is 0 Å². The molecule has 1 rings (SSSR count). The monoisotopic (exact) mass is 340 g/mol. The second-order valence-corrected chi connectivity index (χ2v) is 5.06. The van der Waals surface area contributed by atoms with Crippen molar-refractivity contribution in [3.63, 3.8) is 0 Å². The second-order valence-electron chi connectivity index (χ2n) is 4.26. The summed E-state index contributed by atoms with van der Waals surface area (Å²) in [5.41, 5.74) is 0. The third-order valence-corrected chi connectivity index (χ3v) is 3.17. The van der Waals surface area contributed by atoms with Crippen LogP contribution < -0.4 is 0 Å². The van der Waals surface area contributed by atoms with Crippen molar-refractivity contribution in [3.05, 3.63) is 0 Å². The zero-order valence-corrected chi connectivity index (χ0v) is 13.1. The van der Waals surface area contributed by atoms with Crippen LogP contribution in [0.4, 0.5) is 0 Å². The van der Waals surface area contributed by atoms with Crippen molar-refractivity contribution >= 4 is 15.9 Å². The summed E-state index contributed by atoms with van der Waals surface area (Å²) in [6.07, 6.45) is 2.18. The molecule has 0 aromatic heterocycles. The van der Waals surface area contributed by atoms with E-state index in [0.717, 1.165) is 24.8 Å². The molecule has 114 valence electrons. The highest BCUT2D eigenvalue weighted by Gasteiger charge is 2.10. The lowest BCUT2D eigenvalue weighted by molar-refractivity contribution is -0.0903. The standard InChI is InChI=1S/C13H25BrO5/c14-3-1-2-4-17-11-13-12-18-8-7-15-5-6-16-9-10-19-13/h13H,1-12H2. The van der Waals surface area contributed by atoms with E-state index in [1.165, 1.54) is 0 Å². The van der Waals surface area contributed by atoms with E-state index in [-0.39, 0.29) is 6.10 Å². The van der Waals surface area contributed by atoms with Crippen LogP contribution in [0.2, 0.25) is 0 Å². The SMILES string of the molecule is BrCCCCOCC1COCCOCCOCCO1. The maximum Gasteiger partial charge on any atom is 0.104 e. The molecule has 1 fully saturated rings. The predicted octanol–water partition coefficient (Wildman–Crippen LogP) is 1.63. The summed E-state index contributed by atoms with van der Waals surface area (Å²) in [4.78, 5) is 0. The Morgan fingerprint density at radius 1 is 0.895 bits per heavy atom. The number of hydrogen-bond donors (Lipinski definition) is 0. The Bertz CT molecular complexity index is 182. The minimum atomic E-state index is -0.0213. The summed E-state index contributed by atoms with van der Waals surface area (Å²) in [5.74, 6) is 0. The molecule has 0 spiro atoms. The van der Waals surface area contributed by atoms with E-state index in [4.69, 9.17) is 23.7 Å². The third kappa shape index (κ3) is 10.7. The summed E-state index contributed by atoms with van der Waals surface area (Å²) >= 11 is 3.40. The van der Waals surface area contributed by atoms with Gasteiger partial charge < -0.3 is 23.7 Å². The first-order chi connectivity index (χ1) is 9.43. The summed E-state index contributed by atoms with van der Waals surface area (Å²) in [5, 5.41) is 1.02. The zero-order valence-electron chi connectivity index (χ0n) is 11.5. The van der Waals surface area contributed by atoms with Gasteiger partial charge >= 0.3 is 0 Å². The molecule has 1 aliphatic heterocycles. The van der Waals surface area contributed by atoms with Crippen molar-refractivity contribution in [1.29, 1.82) is 0 Å². The first-order valence-electron chi connectivity index (χ1n) is 6.92. The molecule has 1 saturated heterocycles. The number of unbranched alkanes of at least 4 members (excludes halogenated alkanes) is 1. The quantitative estimate of drug-likeness (QED) is 0.543. The molecule has 0 aromatic rings. The van der Waals surface area contributed by atoms with E-state index in [1.54, 1.807) is 0 Å². The molecule has 1 aliphatic rings. The Morgan fingerprint density at radius 2 is 1.58 bits per heavy atom. The third-order valence-electron chi connectivity index (χ3n) is 2.61. The fourth-order valence-electron chi connectivity index (χ4n) is 1.59. The maximum absolute atomic E-state index is 5.70. The number of halogens is 1. The maximum atomic E-state index is 5.70. The summed E-state index contributed by atoms with van der Waals surface area (Å²) in [6.45, 7) is 5.45. The summed E-state index contributed by atoms with van der Waals surface area (Å²) < 4.78 is 27.5. The van der Waals surface area contributed by atoms with E-state index in [1.807, 2.05) is 0 Å². The molecule has 5 nitrogen and oxygen atoms in total. The Balaban J connectivity index is 2.11. The Morgan fingerprint density at radius 3 is 2.32 bits per heavy atom. The van der Waals surface area contributed by atoms with E-state index >= 15 is 0 Å². The lowest BCUT2D eigenvalue weighted by Gasteiger charge is -2.19. The summed E-state index contributed by atoms with van der Waals surface area (Å²) in [6, 6.07) is 0. The molecule has 0 amide bonds. The van der Waals surface area contributed by atoms with Crippen LogP contribution in [0.15, 0.2) is 0 Å². The average Bonchev–Trinajstić information content (AvgIpc) is 2.41. The molecule has 19 heavy (non-hydrogen) atoms. The Kier molecular flexibility index (Phi) is 12.1. The minimum absolute atomic E-state index is 0.0213. The molecule has 0 N–H and O–H groups in total. The van der Waals surface area contributed by atoms with Crippen LogP contribution in [0.3, 0.4) is 0 Å². The fraction of sp³-hybridized carbons (Fsp3) is 1.00. The molecule has 1 unspecified atom stereocenters. The molecule has 1 heterocycles. The van der Waals surface area contributed by atoms with Crippen molar-refractivity contribution in [2.45, 2.75) is 18.9 Å². The van der Waals surface area contributed by atoms with Gasteiger partial charge in [-0.05, 0) is 12.8 Å². The van der Waals surface area contributed by atoms with Crippen LogP contribution in [0.5, 0.6) is 0 Å². The molecule has 0 radical (unpaired) electrons. The molecule has 1 atom stereocenters.